The smallest absolute Gasteiger partial charge is 0.338 e. The Bertz CT molecular complexity index is 4590. The minimum atomic E-state index is -2.23. The van der Waals surface area contributed by atoms with Crippen LogP contribution >= 0.6 is 0 Å². The Labute approximate surface area is 681 Å². The molecule has 5 fully saturated rings. The van der Waals surface area contributed by atoms with E-state index in [2.05, 4.69) is 0 Å². The Hall–Kier alpha value is -11.6. The van der Waals surface area contributed by atoms with Crippen LogP contribution in [0.15, 0.2) is 206 Å². The van der Waals surface area contributed by atoms with E-state index in [0.717, 1.165) is 27.7 Å². The average Bonchev–Trinajstić information content (AvgIpc) is 0.745. The summed E-state index contributed by atoms with van der Waals surface area (Å²) in [7, 11) is 1.45. The average molecular weight is 1650 g/mol. The molecule has 7 aromatic carbocycles. The first kappa shape index (κ1) is 86.7. The quantitative estimate of drug-likeness (QED) is 0.0357. The van der Waals surface area contributed by atoms with Gasteiger partial charge >= 0.3 is 59.7 Å². The zero-order valence-electron chi connectivity index (χ0n) is 65.5. The van der Waals surface area contributed by atoms with Crippen molar-refractivity contribution in [1.82, 2.24) is 0 Å². The molecular formula is C86H88O33. The van der Waals surface area contributed by atoms with Crippen molar-refractivity contribution in [3.63, 3.8) is 0 Å². The van der Waals surface area contributed by atoms with Gasteiger partial charge in [-0.3, -0.25) is 19.2 Å². The Balaban J connectivity index is 0.996. The molecule has 12 rings (SSSR count). The molecule has 5 aliphatic heterocycles. The lowest BCUT2D eigenvalue weighted by Crippen LogP contribution is -2.68. The highest BCUT2D eigenvalue weighted by Crippen LogP contribution is 2.41. The van der Waals surface area contributed by atoms with Crippen LogP contribution in [-0.2, 0) is 109 Å². The number of hydrogen-bond donors (Lipinski definition) is 2. The number of rotatable bonds is 28. The van der Waals surface area contributed by atoms with Crippen molar-refractivity contribution in [2.75, 3.05) is 20.3 Å². The summed E-state index contributed by atoms with van der Waals surface area (Å²) in [5.74, 6) is -9.71. The molecule has 0 aliphatic carbocycles. The van der Waals surface area contributed by atoms with Gasteiger partial charge in [0.15, 0.2) is 92.3 Å². The summed E-state index contributed by atoms with van der Waals surface area (Å²) in [6, 6.07) is 51.6. The minimum absolute atomic E-state index is 0.0305. The van der Waals surface area contributed by atoms with E-state index < -0.39 is 220 Å². The van der Waals surface area contributed by atoms with Crippen molar-refractivity contribution in [2.45, 2.75) is 196 Å². The normalized spacial score (nSPS) is 29.7. The van der Waals surface area contributed by atoms with Crippen LogP contribution in [0.5, 0.6) is 11.5 Å². The van der Waals surface area contributed by atoms with E-state index in [1.54, 1.807) is 97.1 Å². The number of esters is 10. The molecule has 0 bridgehead atoms. The third-order valence-corrected chi connectivity index (χ3v) is 19.6. The highest BCUT2D eigenvalue weighted by molar-refractivity contribution is 5.93. The van der Waals surface area contributed by atoms with Gasteiger partial charge in [-0.15, -0.1) is 0 Å². The lowest BCUT2D eigenvalue weighted by atomic mass is 9.95. The molecule has 0 aromatic heterocycles. The molecule has 630 valence electrons. The predicted octanol–water partition coefficient (Wildman–Crippen LogP) is 7.36. The molecule has 0 amide bonds. The summed E-state index contributed by atoms with van der Waals surface area (Å²) >= 11 is 0. The molecule has 33 nitrogen and oxygen atoms in total. The van der Waals surface area contributed by atoms with Crippen LogP contribution in [-0.4, -0.2) is 238 Å². The van der Waals surface area contributed by atoms with Crippen LogP contribution in [0, 0.1) is 0 Å². The summed E-state index contributed by atoms with van der Waals surface area (Å²) in [6.07, 6.45) is -45.3. The molecule has 5 aliphatic rings. The Kier molecular flexibility index (Phi) is 29.3. The fourth-order valence-corrected chi connectivity index (χ4v) is 13.9. The van der Waals surface area contributed by atoms with Gasteiger partial charge in [0.1, 0.15) is 48.6 Å². The Morgan fingerprint density at radius 2 is 0.630 bits per heavy atom. The second-order valence-electron chi connectivity index (χ2n) is 28.1. The van der Waals surface area contributed by atoms with Crippen LogP contribution in [0.25, 0.3) is 0 Å². The fraction of sp³-hybridized carbons (Fsp3) is 0.395. The van der Waals surface area contributed by atoms with E-state index >= 15 is 0 Å². The maximum absolute atomic E-state index is 14.8. The zero-order valence-corrected chi connectivity index (χ0v) is 65.5. The fourth-order valence-electron chi connectivity index (χ4n) is 13.9. The Morgan fingerprint density at radius 3 is 1.01 bits per heavy atom. The Morgan fingerprint density at radius 1 is 0.311 bits per heavy atom. The summed E-state index contributed by atoms with van der Waals surface area (Å²) < 4.78 is 133. The van der Waals surface area contributed by atoms with E-state index in [-0.39, 0.29) is 39.1 Å². The summed E-state index contributed by atoms with van der Waals surface area (Å²) in [6.45, 7) is 6.55. The van der Waals surface area contributed by atoms with Crippen molar-refractivity contribution in [3.05, 3.63) is 240 Å². The standard InChI is InChI=1S/C86H88O33/c1-45-62(91)68(63(92)82(102-45)108-59-41-39-58(99-8)40-42-59)117-83-72(118-84-73(115-80(97)56-35-23-13-24-36-56)69(113-78(95)54-31-19-11-20-32-54)64(46(2)103-84)111-76(93)52-27-15-9-16-28-52)67(106-50(6)89)61(44-101-83)110-86-75(71(107-51(7)90)66(105-49(5)88)60(109-86)43-100-48(4)87)119-85-74(116-81(98)57-37-25-14-26-38-57)70(114-79(96)55-33-21-12-22-34-55)65(47(3)104-85)112-77(94)53-29-17-10-18-30-53/h9-42,45-47,60-75,82-86,91-92H,43-44H2,1-8H3/t45-,46-,47-,60-,61-,62-,63-,64-,65+,66+,67+,68+,69+,70+,71+,72-,73-,74-,75-,82-,83+,84+,85+,86+/m1/s1. The van der Waals surface area contributed by atoms with Gasteiger partial charge in [-0.05, 0) is 118 Å². The first-order chi connectivity index (χ1) is 57.3. The second kappa shape index (κ2) is 40.2. The highest BCUT2D eigenvalue weighted by atomic mass is 16.8. The van der Waals surface area contributed by atoms with Crippen molar-refractivity contribution >= 4 is 59.7 Å². The van der Waals surface area contributed by atoms with E-state index in [9.17, 15) is 58.2 Å². The van der Waals surface area contributed by atoms with E-state index in [1.807, 2.05) is 0 Å². The molecule has 0 radical (unpaired) electrons. The summed E-state index contributed by atoms with van der Waals surface area (Å²) in [5.41, 5.74) is -0.146. The molecule has 33 heteroatoms. The van der Waals surface area contributed by atoms with Gasteiger partial charge in [0.2, 0.25) is 6.29 Å². The molecule has 2 N–H and O–H groups in total. The van der Waals surface area contributed by atoms with Crippen LogP contribution in [0.2, 0.25) is 0 Å². The summed E-state index contributed by atoms with van der Waals surface area (Å²) in [4.78, 5) is 142. The van der Waals surface area contributed by atoms with Crippen LogP contribution in [0.1, 0.15) is 111 Å². The van der Waals surface area contributed by atoms with Gasteiger partial charge in [-0.25, -0.2) is 28.8 Å². The van der Waals surface area contributed by atoms with Crippen molar-refractivity contribution in [2.24, 2.45) is 0 Å². The number of aliphatic hydroxyl groups excluding tert-OH is 2. The lowest BCUT2D eigenvalue weighted by Gasteiger charge is -2.51. The summed E-state index contributed by atoms with van der Waals surface area (Å²) in [5, 5.41) is 24.6. The predicted molar refractivity (Wildman–Crippen MR) is 404 cm³/mol. The van der Waals surface area contributed by atoms with Crippen molar-refractivity contribution in [1.29, 1.82) is 0 Å². The van der Waals surface area contributed by atoms with Gasteiger partial charge in [0, 0.05) is 27.7 Å². The molecule has 119 heavy (non-hydrogen) atoms. The highest BCUT2D eigenvalue weighted by Gasteiger charge is 2.61. The minimum Gasteiger partial charge on any atom is -0.497 e. The maximum atomic E-state index is 14.8. The maximum Gasteiger partial charge on any atom is 0.338 e. The SMILES string of the molecule is COc1ccc(O[C@H]2O[C@H](C)[C@@H](O)[C@H](O[C@@H]3OC[C@@H](O[C@@H]4O[C@H](COC(C)=O)[C@H](OC(C)=O)[C@H](OC(C)=O)[C@H]4O[C@@H]4O[C@H](C)[C@H](OC(=O)c5ccccc5)[C@H](OC(=O)c5ccccc5)[C@H]4OC(=O)c4ccccc4)[C@H](OC(C)=O)[C@H]3O[C@@H]3O[C@H](C)[C@@H](OC(=O)c4ccccc4)[C@H](OC(=O)c4ccccc4)[C@H]3OC(=O)c3ccccc3)[C@H]2O)cc1. The number of hydrogen-bond acceptors (Lipinski definition) is 33. The molecule has 5 saturated heterocycles. The first-order valence-corrected chi connectivity index (χ1v) is 38.0. The van der Waals surface area contributed by atoms with E-state index in [0.29, 0.717) is 5.75 Å². The monoisotopic (exact) mass is 1650 g/mol. The number of benzene rings is 7. The molecule has 0 unspecified atom stereocenters. The largest absolute Gasteiger partial charge is 0.497 e. The van der Waals surface area contributed by atoms with Crippen LogP contribution in [0.4, 0.5) is 0 Å². The van der Waals surface area contributed by atoms with Gasteiger partial charge in [0.05, 0.1) is 65.4 Å². The topological polar surface area (TPSA) is 405 Å². The first-order valence-electron chi connectivity index (χ1n) is 38.0. The van der Waals surface area contributed by atoms with Gasteiger partial charge < -0.3 is 110 Å². The van der Waals surface area contributed by atoms with E-state index in [1.165, 1.54) is 137 Å². The van der Waals surface area contributed by atoms with Crippen molar-refractivity contribution in [3.8, 4) is 11.5 Å². The second-order valence-corrected chi connectivity index (χ2v) is 28.1. The lowest BCUT2D eigenvalue weighted by molar-refractivity contribution is -0.396. The number of aliphatic hydroxyl groups is 2. The number of methoxy groups -OCH3 is 1. The van der Waals surface area contributed by atoms with Gasteiger partial charge in [-0.2, -0.15) is 0 Å². The number of ether oxygens (including phenoxy) is 21. The van der Waals surface area contributed by atoms with Crippen LogP contribution < -0.4 is 9.47 Å². The van der Waals surface area contributed by atoms with Crippen molar-refractivity contribution < 1.29 is 158 Å². The molecule has 0 saturated carbocycles. The molecule has 7 aromatic rings. The number of carbonyl (C=O) groups is 10. The molecule has 5 heterocycles. The molecular weight excluding hydrogens is 1560 g/mol. The van der Waals surface area contributed by atoms with Gasteiger partial charge in [-0.1, -0.05) is 109 Å². The third kappa shape index (κ3) is 21.8. The van der Waals surface area contributed by atoms with E-state index in [4.69, 9.17) is 99.5 Å². The number of carbonyl (C=O) groups excluding carboxylic acids is 10. The third-order valence-electron chi connectivity index (χ3n) is 19.6. The zero-order chi connectivity index (χ0) is 84.6. The van der Waals surface area contributed by atoms with Crippen LogP contribution in [0.3, 0.4) is 0 Å². The molecule has 0 spiro atoms. The van der Waals surface area contributed by atoms with Gasteiger partial charge in [0.25, 0.3) is 0 Å². The molecule has 24 atom stereocenters.